The molecule has 0 aromatic carbocycles. The second-order valence-corrected chi connectivity index (χ2v) is 1.38. The molecule has 0 saturated carbocycles. The molecule has 0 heterocycles. The summed E-state index contributed by atoms with van der Waals surface area (Å²) < 4.78 is 4.05. The standard InChI is InChI=1S/C5H8O4/c1-4(2-3-6)9-5(7)8/h6H,1-3H2,(H,7,8). The van der Waals surface area contributed by atoms with E-state index in [0.29, 0.717) is 0 Å². The van der Waals surface area contributed by atoms with Gasteiger partial charge in [-0.25, -0.2) is 4.79 Å². The first kappa shape index (κ1) is 7.97. The van der Waals surface area contributed by atoms with Crippen molar-refractivity contribution in [3.8, 4) is 0 Å². The fraction of sp³-hybridized carbons (Fsp3) is 0.400. The van der Waals surface area contributed by atoms with Crippen molar-refractivity contribution in [3.05, 3.63) is 12.3 Å². The van der Waals surface area contributed by atoms with E-state index in [1.807, 2.05) is 0 Å². The van der Waals surface area contributed by atoms with E-state index in [0.717, 1.165) is 0 Å². The van der Waals surface area contributed by atoms with Gasteiger partial charge in [-0.2, -0.15) is 0 Å². The van der Waals surface area contributed by atoms with E-state index in [2.05, 4.69) is 11.3 Å². The molecular weight excluding hydrogens is 124 g/mol. The van der Waals surface area contributed by atoms with E-state index in [1.165, 1.54) is 0 Å². The van der Waals surface area contributed by atoms with Crippen LogP contribution in [0.4, 0.5) is 4.79 Å². The molecular formula is C5H8O4. The predicted octanol–water partition coefficient (Wildman–Crippen LogP) is 0.577. The van der Waals surface area contributed by atoms with Gasteiger partial charge in [0.2, 0.25) is 0 Å². The van der Waals surface area contributed by atoms with Gasteiger partial charge in [0.15, 0.2) is 0 Å². The Labute approximate surface area is 52.4 Å². The largest absolute Gasteiger partial charge is 0.510 e. The Morgan fingerprint density at radius 1 is 1.67 bits per heavy atom. The van der Waals surface area contributed by atoms with Gasteiger partial charge in [0.1, 0.15) is 5.76 Å². The van der Waals surface area contributed by atoms with Gasteiger partial charge in [-0.3, -0.25) is 0 Å². The van der Waals surface area contributed by atoms with E-state index < -0.39 is 6.16 Å². The molecule has 4 nitrogen and oxygen atoms in total. The molecule has 0 atom stereocenters. The molecule has 0 aliphatic heterocycles. The Balaban J connectivity index is 3.39. The van der Waals surface area contributed by atoms with E-state index in [9.17, 15) is 4.79 Å². The SMILES string of the molecule is C=C(CCO)OC(=O)O. The summed E-state index contributed by atoms with van der Waals surface area (Å²) in [5.41, 5.74) is 0. The highest BCUT2D eigenvalue weighted by Gasteiger charge is 1.98. The fourth-order valence-electron chi connectivity index (χ4n) is 0.299. The highest BCUT2D eigenvalue weighted by Crippen LogP contribution is 1.97. The normalized spacial score (nSPS) is 8.56. The van der Waals surface area contributed by atoms with Crippen LogP contribution < -0.4 is 0 Å². The zero-order chi connectivity index (χ0) is 7.28. The molecule has 0 spiro atoms. The van der Waals surface area contributed by atoms with Gasteiger partial charge in [-0.1, -0.05) is 6.58 Å². The predicted molar refractivity (Wildman–Crippen MR) is 30.0 cm³/mol. The van der Waals surface area contributed by atoms with Gasteiger partial charge in [0.25, 0.3) is 0 Å². The average molecular weight is 132 g/mol. The van der Waals surface area contributed by atoms with Crippen LogP contribution in [0.3, 0.4) is 0 Å². The van der Waals surface area contributed by atoms with E-state index >= 15 is 0 Å². The maximum Gasteiger partial charge on any atom is 0.510 e. The molecule has 4 heteroatoms. The first-order valence-electron chi connectivity index (χ1n) is 2.36. The van der Waals surface area contributed by atoms with Crippen LogP contribution in [0.2, 0.25) is 0 Å². The molecule has 0 saturated heterocycles. The van der Waals surface area contributed by atoms with Gasteiger partial charge in [0, 0.05) is 6.42 Å². The van der Waals surface area contributed by atoms with Crippen molar-refractivity contribution >= 4 is 6.16 Å². The van der Waals surface area contributed by atoms with Crippen LogP contribution in [0.15, 0.2) is 12.3 Å². The molecule has 0 amide bonds. The van der Waals surface area contributed by atoms with Crippen LogP contribution in [-0.4, -0.2) is 23.0 Å². The zero-order valence-corrected chi connectivity index (χ0v) is 4.83. The molecule has 0 aromatic heterocycles. The number of rotatable bonds is 3. The van der Waals surface area contributed by atoms with Gasteiger partial charge >= 0.3 is 6.16 Å². The Hall–Kier alpha value is -1.03. The molecule has 0 aliphatic rings. The second kappa shape index (κ2) is 3.91. The number of aliphatic hydroxyl groups is 1. The van der Waals surface area contributed by atoms with Crippen LogP contribution in [0, 0.1) is 0 Å². The van der Waals surface area contributed by atoms with Crippen molar-refractivity contribution in [3.63, 3.8) is 0 Å². The van der Waals surface area contributed by atoms with Crippen LogP contribution in [-0.2, 0) is 4.74 Å². The Bertz CT molecular complexity index is 118. The highest BCUT2D eigenvalue weighted by molar-refractivity contribution is 5.58. The molecule has 0 unspecified atom stereocenters. The molecule has 0 aromatic rings. The minimum Gasteiger partial charge on any atom is -0.449 e. The molecule has 0 rings (SSSR count). The van der Waals surface area contributed by atoms with Crippen molar-refractivity contribution in [2.45, 2.75) is 6.42 Å². The van der Waals surface area contributed by atoms with Crippen LogP contribution in [0.25, 0.3) is 0 Å². The number of carboxylic acid groups (broad SMARTS) is 1. The van der Waals surface area contributed by atoms with Crippen LogP contribution in [0.1, 0.15) is 6.42 Å². The summed E-state index contributed by atoms with van der Waals surface area (Å²) in [7, 11) is 0. The lowest BCUT2D eigenvalue weighted by Gasteiger charge is -1.98. The lowest BCUT2D eigenvalue weighted by molar-refractivity contribution is 0.113. The molecule has 0 aliphatic carbocycles. The Morgan fingerprint density at radius 2 is 2.22 bits per heavy atom. The lowest BCUT2D eigenvalue weighted by atomic mass is 10.4. The highest BCUT2D eigenvalue weighted by atomic mass is 16.7. The first-order valence-corrected chi connectivity index (χ1v) is 2.36. The van der Waals surface area contributed by atoms with Gasteiger partial charge < -0.3 is 14.9 Å². The maximum atomic E-state index is 9.72. The maximum absolute atomic E-state index is 9.72. The summed E-state index contributed by atoms with van der Waals surface area (Å²) in [5.74, 6) is 0.0602. The molecule has 0 bridgehead atoms. The fourth-order valence-corrected chi connectivity index (χ4v) is 0.299. The van der Waals surface area contributed by atoms with Crippen LogP contribution >= 0.6 is 0 Å². The molecule has 52 valence electrons. The second-order valence-electron chi connectivity index (χ2n) is 1.38. The third-order valence-corrected chi connectivity index (χ3v) is 0.622. The summed E-state index contributed by atoms with van der Waals surface area (Å²) in [6, 6.07) is 0. The average Bonchev–Trinajstić information content (AvgIpc) is 1.63. The van der Waals surface area contributed by atoms with E-state index in [4.69, 9.17) is 10.2 Å². The summed E-state index contributed by atoms with van der Waals surface area (Å²) in [6.07, 6.45) is -1.24. The van der Waals surface area contributed by atoms with Crippen molar-refractivity contribution in [2.24, 2.45) is 0 Å². The first-order chi connectivity index (χ1) is 4.16. The smallest absolute Gasteiger partial charge is 0.449 e. The number of aliphatic hydroxyl groups excluding tert-OH is 1. The number of ether oxygens (including phenoxy) is 1. The summed E-state index contributed by atoms with van der Waals surface area (Å²) in [4.78, 5) is 9.72. The quantitative estimate of drug-likeness (QED) is 0.435. The molecule has 0 radical (unpaired) electrons. The third kappa shape index (κ3) is 4.83. The Kier molecular flexibility index (Phi) is 3.46. The third-order valence-electron chi connectivity index (χ3n) is 0.622. The minimum absolute atomic E-state index is 0.0602. The van der Waals surface area contributed by atoms with Crippen molar-refractivity contribution in [2.75, 3.05) is 6.61 Å². The summed E-state index contributed by atoms with van der Waals surface area (Å²) in [5, 5.41) is 16.2. The molecule has 2 N–H and O–H groups in total. The van der Waals surface area contributed by atoms with Gasteiger partial charge in [-0.15, -0.1) is 0 Å². The zero-order valence-electron chi connectivity index (χ0n) is 4.83. The monoisotopic (exact) mass is 132 g/mol. The van der Waals surface area contributed by atoms with E-state index in [1.54, 1.807) is 0 Å². The lowest BCUT2D eigenvalue weighted by Crippen LogP contribution is -2.00. The van der Waals surface area contributed by atoms with Crippen LogP contribution in [0.5, 0.6) is 0 Å². The van der Waals surface area contributed by atoms with Crippen molar-refractivity contribution in [1.29, 1.82) is 0 Å². The number of carbonyl (C=O) groups is 1. The summed E-state index contributed by atoms with van der Waals surface area (Å²) in [6.45, 7) is 3.07. The van der Waals surface area contributed by atoms with Crippen molar-refractivity contribution in [1.82, 2.24) is 0 Å². The van der Waals surface area contributed by atoms with Gasteiger partial charge in [-0.05, 0) is 0 Å². The summed E-state index contributed by atoms with van der Waals surface area (Å²) >= 11 is 0. The van der Waals surface area contributed by atoms with Gasteiger partial charge in [0.05, 0.1) is 6.61 Å². The van der Waals surface area contributed by atoms with Crippen molar-refractivity contribution < 1.29 is 19.7 Å². The van der Waals surface area contributed by atoms with E-state index in [-0.39, 0.29) is 18.8 Å². The topological polar surface area (TPSA) is 66.8 Å². The molecule has 9 heavy (non-hydrogen) atoms. The molecule has 0 fully saturated rings. The number of hydrogen-bond donors (Lipinski definition) is 2. The minimum atomic E-state index is -1.39. The number of hydrogen-bond acceptors (Lipinski definition) is 3. The Morgan fingerprint density at radius 3 is 2.56 bits per heavy atom.